The van der Waals surface area contributed by atoms with Gasteiger partial charge in [0.1, 0.15) is 34.5 Å². The number of aromatic hydroxyl groups is 1. The molecule has 120 valence electrons. The van der Waals surface area contributed by atoms with E-state index in [1.165, 1.54) is 13.2 Å². The first-order chi connectivity index (χ1) is 10.4. The number of rotatable bonds is 2. The molecular formula is C16H20O6. The third kappa shape index (κ3) is 2.53. The summed E-state index contributed by atoms with van der Waals surface area (Å²) in [5.41, 5.74) is -0.998. The zero-order chi connectivity index (χ0) is 15.9. The summed E-state index contributed by atoms with van der Waals surface area (Å²) in [6, 6.07) is 2.91. The van der Waals surface area contributed by atoms with Crippen molar-refractivity contribution in [3.63, 3.8) is 0 Å². The summed E-state index contributed by atoms with van der Waals surface area (Å²) >= 11 is 0. The van der Waals surface area contributed by atoms with Gasteiger partial charge >= 0.3 is 0 Å². The number of phenolic OH excluding ortho intramolecular Hbond substituents is 1. The van der Waals surface area contributed by atoms with E-state index in [1.807, 2.05) is 0 Å². The van der Waals surface area contributed by atoms with Crippen LogP contribution in [0, 0.1) is 0 Å². The highest BCUT2D eigenvalue weighted by Crippen LogP contribution is 2.42. The van der Waals surface area contributed by atoms with Crippen molar-refractivity contribution in [2.45, 2.75) is 49.9 Å². The van der Waals surface area contributed by atoms with E-state index in [4.69, 9.17) is 9.47 Å². The average Bonchev–Trinajstić information content (AvgIpc) is 2.49. The molecule has 1 aliphatic heterocycles. The molecule has 1 aliphatic carbocycles. The number of carbonyl (C=O) groups excluding carboxylic acids is 1. The van der Waals surface area contributed by atoms with Crippen molar-refractivity contribution in [1.29, 1.82) is 0 Å². The standard InChI is InChI=1S/C16H20O6/c1-21-10-6-11(18)15-12(19)8-14(22-13(15)7-10)16(20)4-2-9(17)3-5-16/h6-7,9,14,17-18,20H,2-5,8H2,1H3. The molecule has 0 saturated heterocycles. The Labute approximate surface area is 128 Å². The van der Waals surface area contributed by atoms with Crippen molar-refractivity contribution in [2.75, 3.05) is 7.11 Å². The number of ketones is 1. The second-order valence-corrected chi connectivity index (χ2v) is 6.09. The number of hydrogen-bond donors (Lipinski definition) is 3. The number of benzene rings is 1. The molecule has 2 aliphatic rings. The summed E-state index contributed by atoms with van der Waals surface area (Å²) in [4.78, 5) is 12.3. The summed E-state index contributed by atoms with van der Waals surface area (Å²) in [5.74, 6) is 0.184. The van der Waals surface area contributed by atoms with Gasteiger partial charge < -0.3 is 24.8 Å². The highest BCUT2D eigenvalue weighted by Gasteiger charge is 2.45. The molecule has 6 nitrogen and oxygen atoms in total. The van der Waals surface area contributed by atoms with Crippen molar-refractivity contribution in [3.8, 4) is 17.2 Å². The number of aliphatic hydroxyl groups excluding tert-OH is 1. The molecule has 0 bridgehead atoms. The number of carbonyl (C=O) groups is 1. The summed E-state index contributed by atoms with van der Waals surface area (Å²) < 4.78 is 10.9. The Kier molecular flexibility index (Phi) is 3.74. The van der Waals surface area contributed by atoms with Gasteiger partial charge in [-0.2, -0.15) is 0 Å². The van der Waals surface area contributed by atoms with Gasteiger partial charge in [-0.1, -0.05) is 0 Å². The molecule has 3 N–H and O–H groups in total. The summed E-state index contributed by atoms with van der Waals surface area (Å²) in [7, 11) is 1.46. The van der Waals surface area contributed by atoms with Crippen molar-refractivity contribution >= 4 is 5.78 Å². The van der Waals surface area contributed by atoms with Crippen LogP contribution in [0.3, 0.4) is 0 Å². The Bertz CT molecular complexity index is 589. The molecule has 0 aromatic heterocycles. The lowest BCUT2D eigenvalue weighted by molar-refractivity contribution is -0.104. The van der Waals surface area contributed by atoms with Gasteiger partial charge in [-0.25, -0.2) is 0 Å². The predicted octanol–water partition coefficient (Wildman–Crippen LogP) is 1.40. The first kappa shape index (κ1) is 15.1. The van der Waals surface area contributed by atoms with Crippen LogP contribution in [-0.2, 0) is 0 Å². The minimum absolute atomic E-state index is 0.0134. The van der Waals surface area contributed by atoms with E-state index < -0.39 is 17.8 Å². The lowest BCUT2D eigenvalue weighted by Crippen LogP contribution is -2.51. The number of ether oxygens (including phenoxy) is 2. The SMILES string of the molecule is COc1cc(O)c2c(c1)OC(C1(O)CCC(O)CC1)CC2=O. The highest BCUT2D eigenvalue weighted by atomic mass is 16.5. The van der Waals surface area contributed by atoms with Gasteiger partial charge in [-0.3, -0.25) is 4.79 Å². The van der Waals surface area contributed by atoms with E-state index in [0.29, 0.717) is 31.4 Å². The number of phenols is 1. The average molecular weight is 308 g/mol. The Balaban J connectivity index is 1.90. The van der Waals surface area contributed by atoms with Gasteiger partial charge in [-0.05, 0) is 25.7 Å². The lowest BCUT2D eigenvalue weighted by Gasteiger charge is -2.41. The molecule has 0 amide bonds. The van der Waals surface area contributed by atoms with E-state index >= 15 is 0 Å². The van der Waals surface area contributed by atoms with E-state index in [1.54, 1.807) is 6.07 Å². The van der Waals surface area contributed by atoms with Crippen LogP contribution in [0.1, 0.15) is 42.5 Å². The van der Waals surface area contributed by atoms with Crippen LogP contribution in [0.15, 0.2) is 12.1 Å². The minimum atomic E-state index is -1.13. The highest BCUT2D eigenvalue weighted by molar-refractivity contribution is 6.02. The lowest BCUT2D eigenvalue weighted by atomic mass is 9.77. The zero-order valence-corrected chi connectivity index (χ0v) is 12.4. The first-order valence-corrected chi connectivity index (χ1v) is 7.44. The fraction of sp³-hybridized carbons (Fsp3) is 0.562. The Morgan fingerprint density at radius 1 is 1.32 bits per heavy atom. The van der Waals surface area contributed by atoms with Crippen molar-refractivity contribution < 1.29 is 29.6 Å². The number of fused-ring (bicyclic) bond motifs is 1. The van der Waals surface area contributed by atoms with E-state index in [9.17, 15) is 20.1 Å². The van der Waals surface area contributed by atoms with Gasteiger partial charge in [0.15, 0.2) is 5.78 Å². The van der Waals surface area contributed by atoms with E-state index in [-0.39, 0.29) is 29.3 Å². The molecule has 1 saturated carbocycles. The maximum Gasteiger partial charge on any atom is 0.174 e. The van der Waals surface area contributed by atoms with Crippen LogP contribution in [-0.4, -0.2) is 46.0 Å². The minimum Gasteiger partial charge on any atom is -0.507 e. The third-order valence-corrected chi connectivity index (χ3v) is 4.63. The Hall–Kier alpha value is -1.79. The smallest absolute Gasteiger partial charge is 0.174 e. The Morgan fingerprint density at radius 2 is 2.00 bits per heavy atom. The van der Waals surface area contributed by atoms with Crippen LogP contribution in [0.25, 0.3) is 0 Å². The summed E-state index contributed by atoms with van der Waals surface area (Å²) in [6.07, 6.45) is 0.679. The van der Waals surface area contributed by atoms with Gasteiger partial charge in [0, 0.05) is 12.1 Å². The van der Waals surface area contributed by atoms with E-state index in [2.05, 4.69) is 0 Å². The van der Waals surface area contributed by atoms with Crippen molar-refractivity contribution in [2.24, 2.45) is 0 Å². The monoisotopic (exact) mass is 308 g/mol. The number of aliphatic hydroxyl groups is 2. The third-order valence-electron chi connectivity index (χ3n) is 4.63. The van der Waals surface area contributed by atoms with Gasteiger partial charge in [0.2, 0.25) is 0 Å². The second kappa shape index (κ2) is 5.44. The fourth-order valence-corrected chi connectivity index (χ4v) is 3.26. The summed E-state index contributed by atoms with van der Waals surface area (Å²) in [5, 5.41) is 30.3. The van der Waals surface area contributed by atoms with Gasteiger partial charge in [0.05, 0.1) is 19.6 Å². The maximum absolute atomic E-state index is 12.3. The molecule has 0 radical (unpaired) electrons. The van der Waals surface area contributed by atoms with Crippen LogP contribution < -0.4 is 9.47 Å². The van der Waals surface area contributed by atoms with Crippen molar-refractivity contribution in [3.05, 3.63) is 17.7 Å². The van der Waals surface area contributed by atoms with Crippen LogP contribution in [0.5, 0.6) is 17.2 Å². The summed E-state index contributed by atoms with van der Waals surface area (Å²) in [6.45, 7) is 0. The molecule has 1 heterocycles. The normalized spacial score (nSPS) is 31.3. The second-order valence-electron chi connectivity index (χ2n) is 6.09. The number of methoxy groups -OCH3 is 1. The molecule has 1 fully saturated rings. The maximum atomic E-state index is 12.3. The molecule has 1 aromatic carbocycles. The molecule has 22 heavy (non-hydrogen) atoms. The fourth-order valence-electron chi connectivity index (χ4n) is 3.26. The molecule has 1 aromatic rings. The molecule has 3 rings (SSSR count). The number of hydrogen-bond acceptors (Lipinski definition) is 6. The van der Waals surface area contributed by atoms with Crippen LogP contribution >= 0.6 is 0 Å². The first-order valence-electron chi connectivity index (χ1n) is 7.44. The molecule has 1 atom stereocenters. The largest absolute Gasteiger partial charge is 0.507 e. The molecular weight excluding hydrogens is 288 g/mol. The van der Waals surface area contributed by atoms with Crippen LogP contribution in [0.2, 0.25) is 0 Å². The van der Waals surface area contributed by atoms with E-state index in [0.717, 1.165) is 0 Å². The van der Waals surface area contributed by atoms with Gasteiger partial charge in [0.25, 0.3) is 0 Å². The van der Waals surface area contributed by atoms with Crippen molar-refractivity contribution in [1.82, 2.24) is 0 Å². The van der Waals surface area contributed by atoms with Gasteiger partial charge in [-0.15, -0.1) is 0 Å². The topological polar surface area (TPSA) is 96.2 Å². The van der Waals surface area contributed by atoms with Crippen LogP contribution in [0.4, 0.5) is 0 Å². The number of Topliss-reactive ketones (excluding diaryl/α,β-unsaturated/α-hetero) is 1. The predicted molar refractivity (Wildman–Crippen MR) is 77.4 cm³/mol. The molecule has 0 spiro atoms. The zero-order valence-electron chi connectivity index (χ0n) is 12.4. The molecule has 6 heteroatoms. The molecule has 1 unspecified atom stereocenters. The quantitative estimate of drug-likeness (QED) is 0.764. The Morgan fingerprint density at radius 3 is 2.64 bits per heavy atom.